The molecule has 7 nitrogen and oxygen atoms in total. The second-order valence-corrected chi connectivity index (χ2v) is 8.60. The number of carbonyl (C=O) groups excluding carboxylic acids is 1. The lowest BCUT2D eigenvalue weighted by Gasteiger charge is -2.22. The van der Waals surface area contributed by atoms with Crippen LogP contribution in [0.5, 0.6) is 5.75 Å². The molecule has 0 unspecified atom stereocenters. The summed E-state index contributed by atoms with van der Waals surface area (Å²) in [5, 5.41) is 10.0. The van der Waals surface area contributed by atoms with Crippen LogP contribution in [0, 0.1) is 6.92 Å². The summed E-state index contributed by atoms with van der Waals surface area (Å²) in [6.45, 7) is 4.19. The smallest absolute Gasteiger partial charge is 0.297 e. The van der Waals surface area contributed by atoms with Gasteiger partial charge in [-0.15, -0.1) is 10.2 Å². The van der Waals surface area contributed by atoms with Crippen LogP contribution in [0.3, 0.4) is 0 Å². The lowest BCUT2D eigenvalue weighted by molar-refractivity contribution is 0.0970. The van der Waals surface area contributed by atoms with Gasteiger partial charge in [-0.1, -0.05) is 35.1 Å². The largest absolute Gasteiger partial charge is 0.494 e. The molecule has 4 aromatic rings. The Hall–Kier alpha value is -3.23. The fourth-order valence-electron chi connectivity index (χ4n) is 3.78. The maximum absolute atomic E-state index is 13.5. The van der Waals surface area contributed by atoms with Crippen molar-refractivity contribution in [1.29, 1.82) is 0 Å². The van der Waals surface area contributed by atoms with Crippen LogP contribution >= 0.6 is 22.9 Å². The van der Waals surface area contributed by atoms with Gasteiger partial charge in [0.1, 0.15) is 16.3 Å². The molecule has 2 aromatic heterocycles. The number of aryl methyl sites for hydroxylation is 1. The number of rotatable bonds is 4. The maximum Gasteiger partial charge on any atom is 0.297 e. The lowest BCUT2D eigenvalue weighted by atomic mass is 9.98. The first-order chi connectivity index (χ1) is 15.0. The summed E-state index contributed by atoms with van der Waals surface area (Å²) < 4.78 is 11.6. The maximum atomic E-state index is 13.5. The van der Waals surface area contributed by atoms with Gasteiger partial charge in [0.2, 0.25) is 10.9 Å². The molecule has 5 rings (SSSR count). The van der Waals surface area contributed by atoms with Crippen molar-refractivity contribution in [1.82, 2.24) is 10.2 Å². The number of ether oxygens (including phenoxy) is 1. The molecule has 0 radical (unpaired) electrons. The summed E-state index contributed by atoms with van der Waals surface area (Å²) in [5.41, 5.74) is 0.960. The van der Waals surface area contributed by atoms with Gasteiger partial charge in [-0.25, -0.2) is 0 Å². The fraction of sp³-hybridized carbons (Fsp3) is 0.182. The quantitative estimate of drug-likeness (QED) is 0.443. The van der Waals surface area contributed by atoms with Crippen LogP contribution in [0.15, 0.2) is 51.7 Å². The molecule has 1 aliphatic heterocycles. The number of anilines is 1. The molecule has 0 saturated heterocycles. The van der Waals surface area contributed by atoms with Crippen molar-refractivity contribution in [3.8, 4) is 5.75 Å². The third-order valence-electron chi connectivity index (χ3n) is 5.04. The number of benzene rings is 2. The Morgan fingerprint density at radius 1 is 1.19 bits per heavy atom. The number of aromatic nitrogens is 2. The molecule has 1 aliphatic rings. The van der Waals surface area contributed by atoms with Gasteiger partial charge in [-0.05, 0) is 49.7 Å². The number of nitrogens with zero attached hydrogens (tertiary/aromatic N) is 3. The summed E-state index contributed by atoms with van der Waals surface area (Å²) in [5.74, 6) is 0.203. The summed E-state index contributed by atoms with van der Waals surface area (Å²) >= 11 is 7.39. The molecule has 0 aliphatic carbocycles. The van der Waals surface area contributed by atoms with Crippen LogP contribution in [0.1, 0.15) is 39.7 Å². The topological polar surface area (TPSA) is 85.5 Å². The van der Waals surface area contributed by atoms with Gasteiger partial charge in [0, 0.05) is 5.02 Å². The highest BCUT2D eigenvalue weighted by atomic mass is 35.5. The molecular formula is C22H16ClN3O4S. The van der Waals surface area contributed by atoms with Gasteiger partial charge < -0.3 is 9.15 Å². The van der Waals surface area contributed by atoms with Gasteiger partial charge in [-0.2, -0.15) is 0 Å². The van der Waals surface area contributed by atoms with Crippen molar-refractivity contribution in [2.24, 2.45) is 0 Å². The number of hydrogen-bond donors (Lipinski definition) is 0. The molecule has 2 aromatic carbocycles. The van der Waals surface area contributed by atoms with Crippen molar-refractivity contribution in [3.05, 3.63) is 79.6 Å². The zero-order valence-electron chi connectivity index (χ0n) is 16.6. The van der Waals surface area contributed by atoms with E-state index in [1.165, 1.54) is 16.2 Å². The van der Waals surface area contributed by atoms with Crippen LogP contribution < -0.4 is 15.1 Å². The molecule has 9 heteroatoms. The molecule has 1 atom stereocenters. The Bertz CT molecular complexity index is 1400. The summed E-state index contributed by atoms with van der Waals surface area (Å²) in [4.78, 5) is 28.4. The molecule has 31 heavy (non-hydrogen) atoms. The molecule has 0 fully saturated rings. The first-order valence-corrected chi connectivity index (χ1v) is 10.8. The van der Waals surface area contributed by atoms with E-state index in [0.717, 1.165) is 0 Å². The molecule has 1 amide bonds. The summed E-state index contributed by atoms with van der Waals surface area (Å²) in [6.07, 6.45) is 0. The minimum absolute atomic E-state index is 0.000474. The number of fused-ring (bicyclic) bond motifs is 2. The van der Waals surface area contributed by atoms with E-state index in [1.807, 2.05) is 31.2 Å². The zero-order chi connectivity index (χ0) is 21.7. The number of halogens is 1. The highest BCUT2D eigenvalue weighted by Crippen LogP contribution is 2.42. The highest BCUT2D eigenvalue weighted by molar-refractivity contribution is 7.15. The van der Waals surface area contributed by atoms with E-state index in [9.17, 15) is 9.59 Å². The Morgan fingerprint density at radius 2 is 2.03 bits per heavy atom. The SMILES string of the molecule is CCOc1cccc([C@H]2c3c(oc4ccc(Cl)cc4c3=O)C(=O)N2c2nnc(C)s2)c1. The van der Waals surface area contributed by atoms with E-state index < -0.39 is 11.9 Å². The Labute approximate surface area is 185 Å². The lowest BCUT2D eigenvalue weighted by Crippen LogP contribution is -2.29. The second kappa shape index (κ2) is 7.47. The van der Waals surface area contributed by atoms with Crippen LogP contribution in [0.25, 0.3) is 11.0 Å². The number of carbonyl (C=O) groups is 1. The van der Waals surface area contributed by atoms with E-state index in [0.29, 0.717) is 44.1 Å². The Morgan fingerprint density at radius 3 is 2.77 bits per heavy atom. The average molecular weight is 454 g/mol. The molecule has 156 valence electrons. The molecule has 0 bridgehead atoms. The van der Waals surface area contributed by atoms with Crippen molar-refractivity contribution >= 4 is 44.9 Å². The molecular weight excluding hydrogens is 438 g/mol. The average Bonchev–Trinajstić information content (AvgIpc) is 3.30. The van der Waals surface area contributed by atoms with E-state index in [1.54, 1.807) is 25.1 Å². The normalized spacial score (nSPS) is 15.5. The fourth-order valence-corrected chi connectivity index (χ4v) is 4.67. The molecule has 0 saturated carbocycles. The van der Waals surface area contributed by atoms with E-state index in [4.69, 9.17) is 20.8 Å². The predicted octanol–water partition coefficient (Wildman–Crippen LogP) is 4.75. The third-order valence-corrected chi connectivity index (χ3v) is 6.11. The standard InChI is InChI=1S/C22H16ClN3O4S/c1-3-29-14-6-4-5-12(9-14)18-17-19(27)15-10-13(23)7-8-16(15)30-20(17)21(28)26(18)22-25-24-11(2)31-22/h4-10,18H,3H2,1-2H3/t18-/m0/s1. The van der Waals surface area contributed by atoms with Crippen LogP contribution in [-0.2, 0) is 0 Å². The Kier molecular flexibility index (Phi) is 4.75. The van der Waals surface area contributed by atoms with Gasteiger partial charge >= 0.3 is 0 Å². The first kappa shape index (κ1) is 19.7. The van der Waals surface area contributed by atoms with Crippen LogP contribution in [-0.4, -0.2) is 22.7 Å². The highest BCUT2D eigenvalue weighted by Gasteiger charge is 2.45. The van der Waals surface area contributed by atoms with E-state index in [-0.39, 0.29) is 16.8 Å². The van der Waals surface area contributed by atoms with E-state index in [2.05, 4.69) is 10.2 Å². The molecule has 0 N–H and O–H groups in total. The van der Waals surface area contributed by atoms with Gasteiger partial charge in [-0.3, -0.25) is 14.5 Å². The van der Waals surface area contributed by atoms with Gasteiger partial charge in [0.05, 0.1) is 23.6 Å². The van der Waals surface area contributed by atoms with Crippen molar-refractivity contribution in [2.45, 2.75) is 19.9 Å². The van der Waals surface area contributed by atoms with Crippen LogP contribution in [0.2, 0.25) is 5.02 Å². The van der Waals surface area contributed by atoms with Gasteiger partial charge in [0.15, 0.2) is 5.43 Å². The summed E-state index contributed by atoms with van der Waals surface area (Å²) in [6, 6.07) is 11.4. The van der Waals surface area contributed by atoms with Crippen molar-refractivity contribution in [2.75, 3.05) is 11.5 Å². The third kappa shape index (κ3) is 3.19. The second-order valence-electron chi connectivity index (χ2n) is 7.00. The number of amides is 1. The zero-order valence-corrected chi connectivity index (χ0v) is 18.2. The number of hydrogen-bond acceptors (Lipinski definition) is 7. The van der Waals surface area contributed by atoms with Gasteiger partial charge in [0.25, 0.3) is 5.91 Å². The minimum Gasteiger partial charge on any atom is -0.494 e. The Balaban J connectivity index is 1.80. The molecule has 0 spiro atoms. The van der Waals surface area contributed by atoms with E-state index >= 15 is 0 Å². The predicted molar refractivity (Wildman–Crippen MR) is 118 cm³/mol. The van der Waals surface area contributed by atoms with Crippen molar-refractivity contribution in [3.63, 3.8) is 0 Å². The first-order valence-electron chi connectivity index (χ1n) is 9.60. The van der Waals surface area contributed by atoms with Crippen LogP contribution in [0.4, 0.5) is 5.13 Å². The van der Waals surface area contributed by atoms with Crippen molar-refractivity contribution < 1.29 is 13.9 Å². The molecule has 3 heterocycles. The monoisotopic (exact) mass is 453 g/mol. The minimum atomic E-state index is -0.727. The summed E-state index contributed by atoms with van der Waals surface area (Å²) in [7, 11) is 0.